The monoisotopic (exact) mass is 441 g/mol. The molecule has 3 N–H and O–H groups in total. The molecule has 0 unspecified atom stereocenters. The highest BCUT2D eigenvalue weighted by atomic mass is 32.2. The number of likely N-dealkylation sites (N-methyl/N-ethyl adjacent to an activating group) is 2. The molecular formula is C21H35N3O5S. The molecule has 1 aromatic rings. The summed E-state index contributed by atoms with van der Waals surface area (Å²) >= 11 is 0. The minimum atomic E-state index is -3.79. The zero-order chi connectivity index (χ0) is 23.4. The van der Waals surface area contributed by atoms with Gasteiger partial charge >= 0.3 is 0 Å². The number of nitrogens with zero attached hydrogens (tertiary/aromatic N) is 1. The second-order valence-corrected chi connectivity index (χ2v) is 10.8. The van der Waals surface area contributed by atoms with Crippen molar-refractivity contribution in [1.82, 2.24) is 14.9 Å². The highest BCUT2D eigenvalue weighted by Gasteiger charge is 2.33. The summed E-state index contributed by atoms with van der Waals surface area (Å²) in [4.78, 5) is 27.1. The van der Waals surface area contributed by atoms with Crippen LogP contribution in [0.1, 0.15) is 45.7 Å². The van der Waals surface area contributed by atoms with Crippen LogP contribution in [-0.2, 0) is 31.4 Å². The highest BCUT2D eigenvalue weighted by Crippen LogP contribution is 2.31. The van der Waals surface area contributed by atoms with E-state index >= 15 is 0 Å². The predicted molar refractivity (Wildman–Crippen MR) is 118 cm³/mol. The molecule has 30 heavy (non-hydrogen) atoms. The Hall–Kier alpha value is -2.13. The number of hydrogen-bond acceptors (Lipinski definition) is 6. The Labute approximate surface area is 180 Å². The molecule has 2 atom stereocenters. The Kier molecular flexibility index (Phi) is 8.45. The molecule has 0 heterocycles. The van der Waals surface area contributed by atoms with Gasteiger partial charge in [-0.3, -0.25) is 14.3 Å². The van der Waals surface area contributed by atoms with Crippen molar-refractivity contribution in [2.24, 2.45) is 5.92 Å². The number of nitrogens with one attached hydrogen (secondary N) is 2. The largest absolute Gasteiger partial charge is 0.508 e. The van der Waals surface area contributed by atoms with Gasteiger partial charge in [0.15, 0.2) is 0 Å². The van der Waals surface area contributed by atoms with E-state index in [1.54, 1.807) is 25.2 Å². The third-order valence-electron chi connectivity index (χ3n) is 4.95. The number of sulfonamides is 1. The summed E-state index contributed by atoms with van der Waals surface area (Å²) in [5.41, 5.74) is 1.07. The van der Waals surface area contributed by atoms with E-state index in [1.165, 1.54) is 11.9 Å². The Morgan fingerprint density at radius 2 is 1.77 bits per heavy atom. The number of benzene rings is 1. The number of rotatable bonds is 8. The molecule has 2 amide bonds. The molecule has 0 aliphatic heterocycles. The van der Waals surface area contributed by atoms with E-state index in [0.29, 0.717) is 11.1 Å². The van der Waals surface area contributed by atoms with Gasteiger partial charge in [-0.1, -0.05) is 46.8 Å². The molecule has 0 aromatic heterocycles. The van der Waals surface area contributed by atoms with Crippen LogP contribution in [0.5, 0.6) is 5.75 Å². The lowest BCUT2D eigenvalue weighted by Gasteiger charge is -2.32. The molecule has 0 aliphatic carbocycles. The van der Waals surface area contributed by atoms with Gasteiger partial charge in [0, 0.05) is 13.5 Å². The lowest BCUT2D eigenvalue weighted by atomic mass is 9.84. The second kappa shape index (κ2) is 9.78. The van der Waals surface area contributed by atoms with E-state index in [9.17, 15) is 23.1 Å². The summed E-state index contributed by atoms with van der Waals surface area (Å²) in [7, 11) is -0.636. The molecular weight excluding hydrogens is 406 g/mol. The lowest BCUT2D eigenvalue weighted by Crippen LogP contribution is -2.55. The molecule has 8 nitrogen and oxygen atoms in total. The van der Waals surface area contributed by atoms with Crippen LogP contribution in [0.15, 0.2) is 18.2 Å². The summed E-state index contributed by atoms with van der Waals surface area (Å²) in [6.45, 7) is 9.63. The van der Waals surface area contributed by atoms with Gasteiger partial charge < -0.3 is 15.3 Å². The quantitative estimate of drug-likeness (QED) is 0.561. The first kappa shape index (κ1) is 25.9. The Morgan fingerprint density at radius 3 is 2.20 bits per heavy atom. The normalized spacial score (nSPS) is 14.3. The van der Waals surface area contributed by atoms with Crippen LogP contribution in [-0.4, -0.2) is 62.7 Å². The predicted octanol–water partition coefficient (Wildman–Crippen LogP) is 1.38. The van der Waals surface area contributed by atoms with Crippen molar-refractivity contribution in [2.75, 3.05) is 20.4 Å². The number of carbonyl (C=O) groups excluding carboxylic acids is 2. The van der Waals surface area contributed by atoms with Crippen LogP contribution in [0.4, 0.5) is 0 Å². The fourth-order valence-electron chi connectivity index (χ4n) is 3.31. The van der Waals surface area contributed by atoms with Crippen molar-refractivity contribution >= 4 is 21.8 Å². The molecule has 1 rings (SSSR count). The fourth-order valence-corrected chi connectivity index (χ4v) is 3.81. The SMILES string of the molecule is CN[C@H](C(=O)N(C)[C@@H](Cc1ccc(O)c(C(C)(C)C)c1)C(=O)NS(C)(=O)=O)C(C)C. The molecule has 0 radical (unpaired) electrons. The molecule has 0 fully saturated rings. The molecule has 170 valence electrons. The van der Waals surface area contributed by atoms with Crippen LogP contribution in [0.2, 0.25) is 0 Å². The standard InChI is InChI=1S/C21H35N3O5S/c1-13(2)18(22-6)20(27)24(7)16(19(26)23-30(8,28)29)12-14-9-10-17(25)15(11-14)21(3,4)5/h9-11,13,16,18,22,25H,12H2,1-8H3,(H,23,26)/t16-,18-/m0/s1. The smallest absolute Gasteiger partial charge is 0.256 e. The number of carbonyl (C=O) groups is 2. The number of aromatic hydroxyl groups is 1. The van der Waals surface area contributed by atoms with E-state index in [2.05, 4.69) is 5.32 Å². The van der Waals surface area contributed by atoms with Gasteiger partial charge in [-0.25, -0.2) is 8.42 Å². The maximum absolute atomic E-state index is 13.0. The van der Waals surface area contributed by atoms with Crippen molar-refractivity contribution in [3.63, 3.8) is 0 Å². The van der Waals surface area contributed by atoms with Gasteiger partial charge in [-0.15, -0.1) is 0 Å². The van der Waals surface area contributed by atoms with Crippen molar-refractivity contribution < 1.29 is 23.1 Å². The van der Waals surface area contributed by atoms with Crippen molar-refractivity contribution in [3.8, 4) is 5.75 Å². The van der Waals surface area contributed by atoms with Crippen molar-refractivity contribution in [2.45, 2.75) is 58.5 Å². The zero-order valence-electron chi connectivity index (χ0n) is 19.1. The van der Waals surface area contributed by atoms with Crippen molar-refractivity contribution in [1.29, 1.82) is 0 Å². The van der Waals surface area contributed by atoms with Crippen LogP contribution in [0.3, 0.4) is 0 Å². The van der Waals surface area contributed by atoms with Gasteiger partial charge in [0.05, 0.1) is 12.3 Å². The van der Waals surface area contributed by atoms with Crippen LogP contribution in [0.25, 0.3) is 0 Å². The average molecular weight is 442 g/mol. The highest BCUT2D eigenvalue weighted by molar-refractivity contribution is 7.89. The summed E-state index contributed by atoms with van der Waals surface area (Å²) in [6, 6.07) is 3.44. The first-order valence-electron chi connectivity index (χ1n) is 9.86. The van der Waals surface area contributed by atoms with E-state index in [0.717, 1.165) is 6.26 Å². The van der Waals surface area contributed by atoms with E-state index < -0.39 is 28.0 Å². The van der Waals surface area contributed by atoms with Gasteiger partial charge in [0.2, 0.25) is 15.9 Å². The molecule has 0 aliphatic rings. The molecule has 0 bridgehead atoms. The van der Waals surface area contributed by atoms with Crippen LogP contribution in [0, 0.1) is 5.92 Å². The van der Waals surface area contributed by atoms with E-state index in [-0.39, 0.29) is 29.4 Å². The number of phenolic OH excluding ortho intramolecular Hbond substituents is 1. The molecule has 0 saturated carbocycles. The minimum Gasteiger partial charge on any atom is -0.508 e. The fraction of sp³-hybridized carbons (Fsp3) is 0.619. The summed E-state index contributed by atoms with van der Waals surface area (Å²) in [5, 5.41) is 13.1. The van der Waals surface area contributed by atoms with E-state index in [1.807, 2.05) is 39.3 Å². The second-order valence-electron chi connectivity index (χ2n) is 9.02. The van der Waals surface area contributed by atoms with E-state index in [4.69, 9.17) is 0 Å². The third-order valence-corrected chi connectivity index (χ3v) is 5.52. The third kappa shape index (κ3) is 6.98. The van der Waals surface area contributed by atoms with Crippen LogP contribution < -0.4 is 10.0 Å². The minimum absolute atomic E-state index is 0.0234. The number of amides is 2. The molecule has 1 aromatic carbocycles. The molecule has 9 heteroatoms. The number of hydrogen-bond donors (Lipinski definition) is 3. The number of phenols is 1. The lowest BCUT2D eigenvalue weighted by molar-refractivity contribution is -0.140. The van der Waals surface area contributed by atoms with Gasteiger partial charge in [-0.2, -0.15) is 0 Å². The van der Waals surface area contributed by atoms with Crippen molar-refractivity contribution in [3.05, 3.63) is 29.3 Å². The first-order chi connectivity index (χ1) is 13.6. The van der Waals surface area contributed by atoms with Gasteiger partial charge in [-0.05, 0) is 35.6 Å². The Morgan fingerprint density at radius 1 is 1.20 bits per heavy atom. The van der Waals surface area contributed by atoms with Crippen LogP contribution >= 0.6 is 0 Å². The Balaban J connectivity index is 3.35. The Bertz CT molecular complexity index is 875. The summed E-state index contributed by atoms with van der Waals surface area (Å²) in [6.07, 6.45) is 0.994. The summed E-state index contributed by atoms with van der Waals surface area (Å²) in [5.74, 6) is -0.971. The average Bonchev–Trinajstić information content (AvgIpc) is 2.57. The summed E-state index contributed by atoms with van der Waals surface area (Å²) < 4.78 is 25.3. The topological polar surface area (TPSA) is 116 Å². The molecule has 0 spiro atoms. The zero-order valence-corrected chi connectivity index (χ0v) is 19.9. The maximum atomic E-state index is 13.0. The van der Waals surface area contributed by atoms with Gasteiger partial charge in [0.25, 0.3) is 5.91 Å². The van der Waals surface area contributed by atoms with Gasteiger partial charge in [0.1, 0.15) is 11.8 Å². The maximum Gasteiger partial charge on any atom is 0.256 e. The molecule has 0 saturated heterocycles. The first-order valence-corrected chi connectivity index (χ1v) is 11.8.